The van der Waals surface area contributed by atoms with Crippen molar-refractivity contribution in [3.05, 3.63) is 28.5 Å². The molecule has 0 spiro atoms. The first-order chi connectivity index (χ1) is 8.78. The number of rotatable bonds is 4. The predicted molar refractivity (Wildman–Crippen MR) is 77.8 cm³/mol. The molecule has 0 saturated carbocycles. The minimum Gasteiger partial charge on any atom is -0.328 e. The van der Waals surface area contributed by atoms with E-state index in [4.69, 9.17) is 4.98 Å². The zero-order valence-corrected chi connectivity index (χ0v) is 12.2. The number of aromatic nitrogens is 2. The molecular formula is C14H18BrN3. The highest BCUT2D eigenvalue weighted by atomic mass is 79.9. The van der Waals surface area contributed by atoms with E-state index in [1.54, 1.807) is 0 Å². The van der Waals surface area contributed by atoms with Gasteiger partial charge in [0.25, 0.3) is 0 Å². The maximum absolute atomic E-state index is 4.82. The van der Waals surface area contributed by atoms with E-state index in [0.717, 1.165) is 48.4 Å². The van der Waals surface area contributed by atoms with Crippen molar-refractivity contribution in [1.29, 1.82) is 0 Å². The number of halogens is 1. The maximum Gasteiger partial charge on any atom is 0.110 e. The molecule has 0 radical (unpaired) electrons. The molecule has 1 aromatic heterocycles. The number of hydrogen-bond donors (Lipinski definition) is 1. The van der Waals surface area contributed by atoms with Gasteiger partial charge in [0.2, 0.25) is 0 Å². The number of nitrogens with one attached hydrogen (secondary N) is 1. The number of fused-ring (bicyclic) bond motifs is 1. The summed E-state index contributed by atoms with van der Waals surface area (Å²) in [6.07, 6.45) is 2.25. The van der Waals surface area contributed by atoms with Gasteiger partial charge in [0.15, 0.2) is 0 Å². The second kappa shape index (κ2) is 5.02. The smallest absolute Gasteiger partial charge is 0.110 e. The third-order valence-corrected chi connectivity index (χ3v) is 4.07. The van der Waals surface area contributed by atoms with Crippen molar-refractivity contribution in [3.63, 3.8) is 0 Å². The molecule has 0 amide bonds. The minimum atomic E-state index is 0.765. The van der Waals surface area contributed by atoms with Crippen molar-refractivity contribution in [2.75, 3.05) is 13.1 Å². The molecular weight excluding hydrogens is 290 g/mol. The Morgan fingerprint density at radius 3 is 2.94 bits per heavy atom. The highest BCUT2D eigenvalue weighted by molar-refractivity contribution is 9.10. The summed E-state index contributed by atoms with van der Waals surface area (Å²) in [5, 5.41) is 3.33. The number of nitrogens with zero attached hydrogens (tertiary/aromatic N) is 2. The average molecular weight is 308 g/mol. The molecule has 1 aromatic carbocycles. The van der Waals surface area contributed by atoms with Gasteiger partial charge in [-0.1, -0.05) is 22.9 Å². The summed E-state index contributed by atoms with van der Waals surface area (Å²) < 4.78 is 3.49. The van der Waals surface area contributed by atoms with E-state index in [0.29, 0.717) is 0 Å². The van der Waals surface area contributed by atoms with E-state index < -0.39 is 0 Å². The molecule has 0 aliphatic carbocycles. The molecule has 1 N–H and O–H groups in total. The number of hydrogen-bond acceptors (Lipinski definition) is 2. The van der Waals surface area contributed by atoms with E-state index >= 15 is 0 Å². The van der Waals surface area contributed by atoms with Crippen LogP contribution in [-0.4, -0.2) is 22.6 Å². The molecule has 96 valence electrons. The van der Waals surface area contributed by atoms with Crippen LogP contribution in [0.2, 0.25) is 0 Å². The summed E-state index contributed by atoms with van der Waals surface area (Å²) in [5.74, 6) is 2.01. The Bertz CT molecular complexity index is 557. The van der Waals surface area contributed by atoms with E-state index in [1.165, 1.54) is 11.3 Å². The van der Waals surface area contributed by atoms with Crippen LogP contribution in [0.3, 0.4) is 0 Å². The second-order valence-electron chi connectivity index (χ2n) is 5.04. The van der Waals surface area contributed by atoms with Crippen molar-refractivity contribution in [1.82, 2.24) is 14.9 Å². The fourth-order valence-corrected chi connectivity index (χ4v) is 2.88. The van der Waals surface area contributed by atoms with Gasteiger partial charge in [-0.15, -0.1) is 0 Å². The Hall–Kier alpha value is -0.870. The Morgan fingerprint density at radius 1 is 1.44 bits per heavy atom. The van der Waals surface area contributed by atoms with E-state index in [-0.39, 0.29) is 0 Å². The van der Waals surface area contributed by atoms with Gasteiger partial charge in [0, 0.05) is 17.4 Å². The topological polar surface area (TPSA) is 29.9 Å². The predicted octanol–water partition coefficient (Wildman–Crippen LogP) is 2.97. The van der Waals surface area contributed by atoms with Crippen LogP contribution in [0.4, 0.5) is 0 Å². The van der Waals surface area contributed by atoms with Crippen molar-refractivity contribution in [3.8, 4) is 0 Å². The van der Waals surface area contributed by atoms with Gasteiger partial charge in [0.1, 0.15) is 5.82 Å². The highest BCUT2D eigenvalue weighted by Gasteiger charge is 2.20. The van der Waals surface area contributed by atoms with E-state index in [1.807, 2.05) is 0 Å². The SMILES string of the molecule is CCCn1c(CC2CNC2)nc2cc(Br)ccc21. The van der Waals surface area contributed by atoms with Crippen molar-refractivity contribution in [2.24, 2.45) is 5.92 Å². The molecule has 0 bridgehead atoms. The Labute approximate surface area is 116 Å². The minimum absolute atomic E-state index is 0.765. The Kier molecular flexibility index (Phi) is 3.39. The summed E-state index contributed by atoms with van der Waals surface area (Å²) in [7, 11) is 0. The van der Waals surface area contributed by atoms with Crippen LogP contribution in [0.15, 0.2) is 22.7 Å². The highest BCUT2D eigenvalue weighted by Crippen LogP contribution is 2.23. The zero-order valence-electron chi connectivity index (χ0n) is 10.6. The first-order valence-electron chi connectivity index (χ1n) is 6.63. The van der Waals surface area contributed by atoms with Crippen LogP contribution in [0, 0.1) is 5.92 Å². The van der Waals surface area contributed by atoms with Gasteiger partial charge in [-0.25, -0.2) is 4.98 Å². The van der Waals surface area contributed by atoms with Gasteiger partial charge in [-0.05, 0) is 43.6 Å². The lowest BCUT2D eigenvalue weighted by Gasteiger charge is -2.26. The van der Waals surface area contributed by atoms with Crippen LogP contribution < -0.4 is 5.32 Å². The maximum atomic E-state index is 4.82. The Balaban J connectivity index is 2.01. The van der Waals surface area contributed by atoms with Crippen molar-refractivity contribution in [2.45, 2.75) is 26.3 Å². The summed E-state index contributed by atoms with van der Waals surface area (Å²) in [6, 6.07) is 6.39. The largest absolute Gasteiger partial charge is 0.328 e. The third kappa shape index (κ3) is 2.19. The fourth-order valence-electron chi connectivity index (χ4n) is 2.53. The van der Waals surface area contributed by atoms with Gasteiger partial charge in [-0.2, -0.15) is 0 Å². The summed E-state index contributed by atoms with van der Waals surface area (Å²) in [4.78, 5) is 4.82. The summed E-state index contributed by atoms with van der Waals surface area (Å²) >= 11 is 3.52. The van der Waals surface area contributed by atoms with Crippen LogP contribution >= 0.6 is 15.9 Å². The van der Waals surface area contributed by atoms with Gasteiger partial charge < -0.3 is 9.88 Å². The normalized spacial score (nSPS) is 16.1. The third-order valence-electron chi connectivity index (χ3n) is 3.57. The van der Waals surface area contributed by atoms with Crippen LogP contribution in [-0.2, 0) is 13.0 Å². The molecule has 1 aliphatic heterocycles. The van der Waals surface area contributed by atoms with E-state index in [2.05, 4.69) is 50.9 Å². The lowest BCUT2D eigenvalue weighted by Crippen LogP contribution is -2.43. The molecule has 0 unspecified atom stereocenters. The molecule has 3 rings (SSSR count). The van der Waals surface area contributed by atoms with Gasteiger partial charge in [0.05, 0.1) is 11.0 Å². The second-order valence-corrected chi connectivity index (χ2v) is 5.96. The van der Waals surface area contributed by atoms with Crippen LogP contribution in [0.5, 0.6) is 0 Å². The van der Waals surface area contributed by atoms with Crippen LogP contribution in [0.25, 0.3) is 11.0 Å². The summed E-state index contributed by atoms with van der Waals surface area (Å²) in [5.41, 5.74) is 2.38. The number of imidazole rings is 1. The molecule has 18 heavy (non-hydrogen) atoms. The molecule has 2 heterocycles. The molecule has 0 atom stereocenters. The van der Waals surface area contributed by atoms with Crippen molar-refractivity contribution < 1.29 is 0 Å². The van der Waals surface area contributed by atoms with Gasteiger partial charge in [-0.3, -0.25) is 0 Å². The summed E-state index contributed by atoms with van der Waals surface area (Å²) in [6.45, 7) is 5.56. The first kappa shape index (κ1) is 12.2. The zero-order chi connectivity index (χ0) is 12.5. The molecule has 1 fully saturated rings. The van der Waals surface area contributed by atoms with E-state index in [9.17, 15) is 0 Å². The van der Waals surface area contributed by atoms with Crippen molar-refractivity contribution >= 4 is 27.0 Å². The number of aryl methyl sites for hydroxylation is 1. The number of benzene rings is 1. The van der Waals surface area contributed by atoms with Gasteiger partial charge >= 0.3 is 0 Å². The molecule has 1 saturated heterocycles. The monoisotopic (exact) mass is 307 g/mol. The molecule has 4 heteroatoms. The standard InChI is InChI=1S/C14H18BrN3/c1-2-5-18-13-4-3-11(15)7-12(13)17-14(18)6-10-8-16-9-10/h3-4,7,10,16H,2,5-6,8-9H2,1H3. The molecule has 1 aliphatic rings. The first-order valence-corrected chi connectivity index (χ1v) is 7.42. The average Bonchev–Trinajstić information content (AvgIpc) is 2.62. The van der Waals surface area contributed by atoms with Crippen LogP contribution in [0.1, 0.15) is 19.2 Å². The fraction of sp³-hybridized carbons (Fsp3) is 0.500. The molecule has 3 nitrogen and oxygen atoms in total. The lowest BCUT2D eigenvalue weighted by atomic mass is 9.99. The molecule has 2 aromatic rings. The quantitative estimate of drug-likeness (QED) is 0.941. The Morgan fingerprint density at radius 2 is 2.28 bits per heavy atom. The lowest BCUT2D eigenvalue weighted by molar-refractivity contribution is 0.337.